The summed E-state index contributed by atoms with van der Waals surface area (Å²) < 4.78 is 5.16. The molecule has 4 rings (SSSR count). The van der Waals surface area contributed by atoms with Gasteiger partial charge in [0.05, 0.1) is 10.5 Å². The van der Waals surface area contributed by atoms with Crippen molar-refractivity contribution in [1.82, 2.24) is 14.8 Å². The lowest BCUT2D eigenvalue weighted by Gasteiger charge is -2.24. The van der Waals surface area contributed by atoms with Crippen molar-refractivity contribution in [3.63, 3.8) is 0 Å². The van der Waals surface area contributed by atoms with Gasteiger partial charge in [-0.15, -0.1) is 11.8 Å². The van der Waals surface area contributed by atoms with E-state index in [9.17, 15) is 9.59 Å². The molecule has 1 fully saturated rings. The van der Waals surface area contributed by atoms with Gasteiger partial charge in [-0.1, -0.05) is 48.0 Å². The van der Waals surface area contributed by atoms with Gasteiger partial charge in [0.1, 0.15) is 5.37 Å². The zero-order chi connectivity index (χ0) is 17.4. The fourth-order valence-electron chi connectivity index (χ4n) is 2.66. The first-order valence-corrected chi connectivity index (χ1v) is 9.68. The molecule has 8 heteroatoms. The Morgan fingerprint density at radius 3 is 2.80 bits per heavy atom. The highest BCUT2D eigenvalue weighted by atomic mass is 35.5. The first-order chi connectivity index (χ1) is 12.1. The number of halogens is 1. The Kier molecular flexibility index (Phi) is 4.37. The summed E-state index contributed by atoms with van der Waals surface area (Å²) in [6.45, 7) is 0. The normalized spacial score (nSPS) is 17.2. The van der Waals surface area contributed by atoms with E-state index in [2.05, 4.69) is 9.80 Å². The number of fused-ring (bicyclic) bond motifs is 1. The van der Waals surface area contributed by atoms with Crippen LogP contribution in [0.3, 0.4) is 0 Å². The van der Waals surface area contributed by atoms with Gasteiger partial charge in [-0.2, -0.15) is 4.37 Å². The van der Waals surface area contributed by atoms with Crippen LogP contribution in [0, 0.1) is 0 Å². The van der Waals surface area contributed by atoms with E-state index in [1.807, 2.05) is 42.5 Å². The number of hydrazine groups is 1. The van der Waals surface area contributed by atoms with Crippen LogP contribution >= 0.6 is 34.9 Å². The molecule has 1 aromatic heterocycles. The van der Waals surface area contributed by atoms with Crippen LogP contribution in [0.15, 0.2) is 48.5 Å². The Balaban J connectivity index is 1.63. The van der Waals surface area contributed by atoms with Crippen LogP contribution in [0.1, 0.15) is 21.4 Å². The van der Waals surface area contributed by atoms with Crippen molar-refractivity contribution in [3.8, 4) is 0 Å². The van der Waals surface area contributed by atoms with Crippen LogP contribution in [0.2, 0.25) is 5.02 Å². The molecule has 1 unspecified atom stereocenters. The van der Waals surface area contributed by atoms with Crippen LogP contribution in [0.5, 0.6) is 0 Å². The van der Waals surface area contributed by atoms with Crippen molar-refractivity contribution in [3.05, 3.63) is 64.8 Å². The predicted octanol–water partition coefficient (Wildman–Crippen LogP) is 3.87. The third kappa shape index (κ3) is 2.99. The lowest BCUT2D eigenvalue weighted by molar-refractivity contribution is -0.130. The van der Waals surface area contributed by atoms with Crippen molar-refractivity contribution in [1.29, 1.82) is 0 Å². The van der Waals surface area contributed by atoms with E-state index in [1.54, 1.807) is 6.07 Å². The van der Waals surface area contributed by atoms with E-state index in [4.69, 9.17) is 11.6 Å². The molecule has 1 saturated heterocycles. The third-order valence-electron chi connectivity index (χ3n) is 3.85. The van der Waals surface area contributed by atoms with Gasteiger partial charge in [0.2, 0.25) is 0 Å². The summed E-state index contributed by atoms with van der Waals surface area (Å²) in [5.74, 6) is -0.276. The van der Waals surface area contributed by atoms with Gasteiger partial charge in [0.25, 0.3) is 11.8 Å². The summed E-state index contributed by atoms with van der Waals surface area (Å²) in [5, 5.41) is 2.34. The summed E-state index contributed by atoms with van der Waals surface area (Å²) in [7, 11) is 0. The van der Waals surface area contributed by atoms with Gasteiger partial charge in [-0.25, -0.2) is 5.01 Å². The van der Waals surface area contributed by atoms with Gasteiger partial charge >= 0.3 is 0 Å². The standard InChI is InChI=1S/C17H12ClN3O2S2/c18-12-7-3-1-5-10(12)17-21(14(22)9-24-17)19-16(23)15-11-6-2-4-8-13(11)25-20-15/h1-8,17H,9H2,(H,19,23). The molecule has 5 nitrogen and oxygen atoms in total. The second-order valence-electron chi connectivity index (χ2n) is 5.42. The minimum Gasteiger partial charge on any atom is -0.272 e. The number of benzene rings is 2. The maximum Gasteiger partial charge on any atom is 0.290 e. The fourth-order valence-corrected chi connectivity index (χ4v) is 4.88. The molecule has 0 aliphatic carbocycles. The largest absolute Gasteiger partial charge is 0.290 e. The van der Waals surface area contributed by atoms with Crippen molar-refractivity contribution in [2.75, 3.05) is 5.75 Å². The topological polar surface area (TPSA) is 62.3 Å². The van der Waals surface area contributed by atoms with Gasteiger partial charge in [-0.05, 0) is 23.7 Å². The highest BCUT2D eigenvalue weighted by Gasteiger charge is 2.36. The summed E-state index contributed by atoms with van der Waals surface area (Å²) in [5.41, 5.74) is 3.83. The van der Waals surface area contributed by atoms with E-state index < -0.39 is 5.91 Å². The van der Waals surface area contributed by atoms with Gasteiger partial charge in [0.15, 0.2) is 5.69 Å². The van der Waals surface area contributed by atoms with E-state index in [0.717, 1.165) is 15.6 Å². The third-order valence-corrected chi connectivity index (χ3v) is 6.22. The molecular formula is C17H12ClN3O2S2. The van der Waals surface area contributed by atoms with Gasteiger partial charge < -0.3 is 0 Å². The number of hydrogen-bond acceptors (Lipinski definition) is 5. The smallest absolute Gasteiger partial charge is 0.272 e. The molecule has 2 heterocycles. The zero-order valence-electron chi connectivity index (χ0n) is 12.8. The van der Waals surface area contributed by atoms with Crippen LogP contribution in [-0.2, 0) is 4.79 Å². The van der Waals surface area contributed by atoms with Gasteiger partial charge in [-0.3, -0.25) is 15.0 Å². The molecule has 1 N–H and O–H groups in total. The summed E-state index contributed by atoms with van der Waals surface area (Å²) in [6.07, 6.45) is 0. The van der Waals surface area contributed by atoms with Crippen molar-refractivity contribution >= 4 is 56.8 Å². The van der Waals surface area contributed by atoms with Crippen LogP contribution in [0.25, 0.3) is 10.1 Å². The van der Waals surface area contributed by atoms with Crippen LogP contribution < -0.4 is 5.43 Å². The molecule has 25 heavy (non-hydrogen) atoms. The first kappa shape index (κ1) is 16.4. The number of hydrogen-bond donors (Lipinski definition) is 1. The molecule has 0 spiro atoms. The monoisotopic (exact) mass is 389 g/mol. The fraction of sp³-hybridized carbons (Fsp3) is 0.118. The predicted molar refractivity (Wildman–Crippen MR) is 101 cm³/mol. The minimum absolute atomic E-state index is 0.164. The van der Waals surface area contributed by atoms with Crippen molar-refractivity contribution in [2.45, 2.75) is 5.37 Å². The molecule has 0 bridgehead atoms. The molecule has 2 amide bonds. The molecule has 2 aromatic carbocycles. The molecule has 1 aliphatic heterocycles. The van der Waals surface area contributed by atoms with E-state index in [0.29, 0.717) is 10.7 Å². The molecule has 1 aliphatic rings. The number of carbonyl (C=O) groups is 2. The van der Waals surface area contributed by atoms with E-state index in [-0.39, 0.29) is 17.0 Å². The van der Waals surface area contributed by atoms with Crippen LogP contribution in [-0.4, -0.2) is 26.9 Å². The number of carbonyl (C=O) groups excluding carboxylic acids is 2. The summed E-state index contributed by atoms with van der Waals surface area (Å²) in [6, 6.07) is 14.8. The average Bonchev–Trinajstić information content (AvgIpc) is 3.20. The SMILES string of the molecule is O=C(NN1C(=O)CSC1c1ccccc1Cl)c1nsc2ccccc12. The van der Waals surface area contributed by atoms with E-state index in [1.165, 1.54) is 28.3 Å². The minimum atomic E-state index is -0.398. The Labute approximate surface area is 157 Å². The summed E-state index contributed by atoms with van der Waals surface area (Å²) >= 11 is 8.94. The number of thioether (sulfide) groups is 1. The van der Waals surface area contributed by atoms with E-state index >= 15 is 0 Å². The number of nitrogens with one attached hydrogen (secondary N) is 1. The molecule has 1 atom stereocenters. The highest BCUT2D eigenvalue weighted by Crippen LogP contribution is 2.40. The maximum absolute atomic E-state index is 12.7. The average molecular weight is 390 g/mol. The lowest BCUT2D eigenvalue weighted by atomic mass is 10.2. The second kappa shape index (κ2) is 6.67. The molecule has 0 saturated carbocycles. The Morgan fingerprint density at radius 2 is 1.96 bits per heavy atom. The van der Waals surface area contributed by atoms with Crippen molar-refractivity contribution < 1.29 is 9.59 Å². The quantitative estimate of drug-likeness (QED) is 0.738. The maximum atomic E-state index is 12.7. The molecule has 126 valence electrons. The van der Waals surface area contributed by atoms with Crippen molar-refractivity contribution in [2.24, 2.45) is 0 Å². The highest BCUT2D eigenvalue weighted by molar-refractivity contribution is 8.00. The Hall–Kier alpha value is -2.09. The number of amides is 2. The molecule has 0 radical (unpaired) electrons. The number of rotatable bonds is 3. The lowest BCUT2D eigenvalue weighted by Crippen LogP contribution is -2.44. The van der Waals surface area contributed by atoms with Gasteiger partial charge in [0, 0.05) is 16.0 Å². The second-order valence-corrected chi connectivity index (χ2v) is 7.70. The Bertz CT molecular complexity index is 975. The number of nitrogens with zero attached hydrogens (tertiary/aromatic N) is 2. The first-order valence-electron chi connectivity index (χ1n) is 7.48. The summed E-state index contributed by atoms with van der Waals surface area (Å²) in [4.78, 5) is 24.9. The molecular weight excluding hydrogens is 378 g/mol. The zero-order valence-corrected chi connectivity index (χ0v) is 15.2. The van der Waals surface area contributed by atoms with Crippen LogP contribution in [0.4, 0.5) is 0 Å². The number of aromatic nitrogens is 1. The Morgan fingerprint density at radius 1 is 1.20 bits per heavy atom. The molecule has 3 aromatic rings.